The highest BCUT2D eigenvalue weighted by atomic mass is 19.1. The number of carbonyl (C=O) groups excluding carboxylic acids is 1. The summed E-state index contributed by atoms with van der Waals surface area (Å²) in [4.78, 5) is 24.7. The number of aryl methyl sites for hydroxylation is 2. The largest absolute Gasteiger partial charge is 0.320 e. The fourth-order valence-electron chi connectivity index (χ4n) is 2.52. The van der Waals surface area contributed by atoms with Crippen molar-refractivity contribution >= 4 is 11.6 Å². The smallest absolute Gasteiger partial charge is 0.280 e. The van der Waals surface area contributed by atoms with Crippen LogP contribution in [0.25, 0.3) is 5.69 Å². The molecule has 1 amide bonds. The Morgan fingerprint density at radius 3 is 2.50 bits per heavy atom. The van der Waals surface area contributed by atoms with Crippen molar-refractivity contribution in [2.75, 3.05) is 5.32 Å². The van der Waals surface area contributed by atoms with Crippen molar-refractivity contribution in [2.45, 2.75) is 13.8 Å². The van der Waals surface area contributed by atoms with Gasteiger partial charge in [0, 0.05) is 17.4 Å². The zero-order valence-corrected chi connectivity index (χ0v) is 14.1. The molecule has 1 heterocycles. The van der Waals surface area contributed by atoms with E-state index in [1.807, 2.05) is 0 Å². The molecule has 7 heteroatoms. The molecule has 0 bridgehead atoms. The predicted molar refractivity (Wildman–Crippen MR) is 93.6 cm³/mol. The summed E-state index contributed by atoms with van der Waals surface area (Å²) in [7, 11) is 0. The Kier molecular flexibility index (Phi) is 4.62. The van der Waals surface area contributed by atoms with Gasteiger partial charge in [-0.15, -0.1) is 0 Å². The minimum absolute atomic E-state index is 0.122. The van der Waals surface area contributed by atoms with E-state index in [2.05, 4.69) is 10.4 Å². The molecule has 0 fully saturated rings. The van der Waals surface area contributed by atoms with Gasteiger partial charge >= 0.3 is 0 Å². The van der Waals surface area contributed by atoms with Gasteiger partial charge in [-0.05, 0) is 49.7 Å². The zero-order valence-electron chi connectivity index (χ0n) is 14.1. The molecule has 0 aliphatic heterocycles. The molecule has 0 aliphatic rings. The number of benzene rings is 2. The average molecular weight is 355 g/mol. The van der Waals surface area contributed by atoms with Crippen molar-refractivity contribution in [2.24, 2.45) is 0 Å². The van der Waals surface area contributed by atoms with E-state index in [-0.39, 0.29) is 11.4 Å². The van der Waals surface area contributed by atoms with E-state index >= 15 is 0 Å². The van der Waals surface area contributed by atoms with Crippen LogP contribution >= 0.6 is 0 Å². The van der Waals surface area contributed by atoms with Crippen molar-refractivity contribution < 1.29 is 13.6 Å². The molecule has 0 saturated heterocycles. The second kappa shape index (κ2) is 6.87. The number of carbonyl (C=O) groups is 1. The molecule has 0 radical (unpaired) electrons. The Hall–Kier alpha value is -3.35. The number of hydrogen-bond acceptors (Lipinski definition) is 3. The number of nitrogens with zero attached hydrogens (tertiary/aromatic N) is 2. The van der Waals surface area contributed by atoms with E-state index in [1.165, 1.54) is 47.1 Å². The third-order valence-electron chi connectivity index (χ3n) is 3.84. The number of amides is 1. The highest BCUT2D eigenvalue weighted by Crippen LogP contribution is 2.17. The number of para-hydroxylation sites is 1. The first-order valence-corrected chi connectivity index (χ1v) is 7.80. The van der Waals surface area contributed by atoms with Gasteiger partial charge in [-0.2, -0.15) is 5.10 Å². The van der Waals surface area contributed by atoms with Gasteiger partial charge in [0.15, 0.2) is 5.69 Å². The van der Waals surface area contributed by atoms with Gasteiger partial charge in [-0.3, -0.25) is 9.59 Å². The van der Waals surface area contributed by atoms with Gasteiger partial charge in [0.25, 0.3) is 5.91 Å². The number of rotatable bonds is 3. The van der Waals surface area contributed by atoms with Crippen molar-refractivity contribution in [1.82, 2.24) is 9.78 Å². The lowest BCUT2D eigenvalue weighted by Gasteiger charge is -2.12. The predicted octanol–water partition coefficient (Wildman–Crippen LogP) is 3.38. The highest BCUT2D eigenvalue weighted by Gasteiger charge is 2.17. The molecule has 0 spiro atoms. The first-order chi connectivity index (χ1) is 12.4. The topological polar surface area (TPSA) is 64.0 Å². The monoisotopic (exact) mass is 355 g/mol. The van der Waals surface area contributed by atoms with Crippen LogP contribution in [0.3, 0.4) is 0 Å². The number of hydrogen-bond donors (Lipinski definition) is 1. The lowest BCUT2D eigenvalue weighted by molar-refractivity contribution is 0.101. The fourth-order valence-corrected chi connectivity index (χ4v) is 2.52. The van der Waals surface area contributed by atoms with Crippen LogP contribution in [0, 0.1) is 25.5 Å². The standard InChI is InChI=1S/C19H15F2N3O2/c1-11-9-13(20)7-8-15(11)22-19(26)18-17(25)10-12(2)24(23-18)16-6-4-3-5-14(16)21/h3-10H,1-2H3,(H,22,26). The van der Waals surface area contributed by atoms with Crippen LogP contribution in [0.1, 0.15) is 21.7 Å². The zero-order chi connectivity index (χ0) is 18.8. The Bertz CT molecular complexity index is 1060. The third kappa shape index (κ3) is 3.37. The van der Waals surface area contributed by atoms with Crippen LogP contribution in [0.2, 0.25) is 0 Å². The fraction of sp³-hybridized carbons (Fsp3) is 0.105. The molecule has 0 saturated carbocycles. The van der Waals surface area contributed by atoms with Crippen molar-refractivity contribution in [3.05, 3.63) is 87.3 Å². The summed E-state index contributed by atoms with van der Waals surface area (Å²) in [6, 6.07) is 11.0. The maximum atomic E-state index is 14.1. The molecule has 3 rings (SSSR count). The van der Waals surface area contributed by atoms with E-state index in [4.69, 9.17) is 0 Å². The van der Waals surface area contributed by atoms with Crippen molar-refractivity contribution in [1.29, 1.82) is 0 Å². The molecule has 3 aromatic rings. The minimum atomic E-state index is -0.755. The van der Waals surface area contributed by atoms with E-state index < -0.39 is 23.0 Å². The SMILES string of the molecule is Cc1cc(F)ccc1NC(=O)c1nn(-c2ccccc2F)c(C)cc1=O. The molecule has 0 atom stereocenters. The summed E-state index contributed by atoms with van der Waals surface area (Å²) >= 11 is 0. The van der Waals surface area contributed by atoms with Crippen LogP contribution in [-0.2, 0) is 0 Å². The molecule has 132 valence electrons. The molecule has 2 aromatic carbocycles. The van der Waals surface area contributed by atoms with Gasteiger partial charge in [-0.25, -0.2) is 13.5 Å². The van der Waals surface area contributed by atoms with Gasteiger partial charge in [0.1, 0.15) is 17.3 Å². The maximum absolute atomic E-state index is 14.1. The normalized spacial score (nSPS) is 10.6. The summed E-state index contributed by atoms with van der Waals surface area (Å²) in [6.45, 7) is 3.21. The van der Waals surface area contributed by atoms with Crippen molar-refractivity contribution in [3.8, 4) is 5.69 Å². The van der Waals surface area contributed by atoms with Gasteiger partial charge in [0.05, 0.1) is 0 Å². The third-order valence-corrected chi connectivity index (χ3v) is 3.84. The molecular formula is C19H15F2N3O2. The quantitative estimate of drug-likeness (QED) is 0.783. The Balaban J connectivity index is 2.02. The van der Waals surface area contributed by atoms with Crippen LogP contribution < -0.4 is 10.7 Å². The Labute approximate surface area is 147 Å². The molecule has 0 aliphatic carbocycles. The van der Waals surface area contributed by atoms with Gasteiger partial charge < -0.3 is 5.32 Å². The molecule has 0 unspecified atom stereocenters. The van der Waals surface area contributed by atoms with Crippen LogP contribution in [0.4, 0.5) is 14.5 Å². The van der Waals surface area contributed by atoms with E-state index in [0.29, 0.717) is 16.9 Å². The lowest BCUT2D eigenvalue weighted by atomic mass is 10.2. The summed E-state index contributed by atoms with van der Waals surface area (Å²) in [6.07, 6.45) is 0. The maximum Gasteiger partial charge on any atom is 0.280 e. The minimum Gasteiger partial charge on any atom is -0.320 e. The summed E-state index contributed by atoms with van der Waals surface area (Å²) in [5.41, 5.74) is 0.386. The van der Waals surface area contributed by atoms with Crippen LogP contribution in [-0.4, -0.2) is 15.7 Å². The van der Waals surface area contributed by atoms with E-state index in [1.54, 1.807) is 19.9 Å². The van der Waals surface area contributed by atoms with Gasteiger partial charge in [0.2, 0.25) is 5.43 Å². The van der Waals surface area contributed by atoms with Gasteiger partial charge in [-0.1, -0.05) is 12.1 Å². The summed E-state index contributed by atoms with van der Waals surface area (Å²) < 4.78 is 28.4. The molecular weight excluding hydrogens is 340 g/mol. The highest BCUT2D eigenvalue weighted by molar-refractivity contribution is 6.03. The van der Waals surface area contributed by atoms with Crippen LogP contribution in [0.15, 0.2) is 53.3 Å². The average Bonchev–Trinajstić information content (AvgIpc) is 2.58. The molecule has 5 nitrogen and oxygen atoms in total. The molecule has 1 aromatic heterocycles. The number of anilines is 1. The summed E-state index contributed by atoms with van der Waals surface area (Å²) in [5.74, 6) is -1.72. The molecule has 26 heavy (non-hydrogen) atoms. The number of halogens is 2. The Morgan fingerprint density at radius 2 is 1.81 bits per heavy atom. The second-order valence-electron chi connectivity index (χ2n) is 5.78. The van der Waals surface area contributed by atoms with E-state index in [0.717, 1.165) is 0 Å². The lowest BCUT2D eigenvalue weighted by Crippen LogP contribution is -2.27. The first-order valence-electron chi connectivity index (χ1n) is 7.80. The molecule has 1 N–H and O–H groups in total. The number of aromatic nitrogens is 2. The summed E-state index contributed by atoms with van der Waals surface area (Å²) in [5, 5.41) is 6.56. The van der Waals surface area contributed by atoms with Crippen LogP contribution in [0.5, 0.6) is 0 Å². The van der Waals surface area contributed by atoms with E-state index in [9.17, 15) is 18.4 Å². The first kappa shape index (κ1) is 17.5. The second-order valence-corrected chi connectivity index (χ2v) is 5.78. The Morgan fingerprint density at radius 1 is 1.08 bits per heavy atom. The number of nitrogens with one attached hydrogen (secondary N) is 1. The van der Waals surface area contributed by atoms with Crippen molar-refractivity contribution in [3.63, 3.8) is 0 Å².